The molecule has 0 unspecified atom stereocenters. The highest BCUT2D eigenvalue weighted by Gasteiger charge is 1.92. The third-order valence-electron chi connectivity index (χ3n) is 1.44. The summed E-state index contributed by atoms with van der Waals surface area (Å²) in [5.41, 5.74) is 6.52. The number of nitrogens with two attached hydrogens (primary N) is 1. The minimum Gasteiger partial charge on any atom is -0.481 e. The number of ether oxygens (including phenoxy) is 1. The molecule has 0 atom stereocenters. The van der Waals surface area contributed by atoms with E-state index in [1.165, 1.54) is 0 Å². The van der Waals surface area contributed by atoms with Crippen LogP contribution in [-0.2, 0) is 6.42 Å². The molecule has 0 bridgehead atoms. The van der Waals surface area contributed by atoms with Gasteiger partial charge in [0, 0.05) is 12.3 Å². The Morgan fingerprint density at radius 3 is 2.46 bits per heavy atom. The van der Waals surface area contributed by atoms with Crippen molar-refractivity contribution in [2.75, 3.05) is 13.7 Å². The number of hydrogen-bond acceptors (Lipinski definition) is 3. The van der Waals surface area contributed by atoms with Crippen molar-refractivity contribution in [2.24, 2.45) is 5.73 Å². The molecule has 1 rings (SSSR count). The maximum Gasteiger partial charge on any atom is 0.212 e. The number of methoxy groups -OCH3 is 1. The normalized spacial score (nSPS) is 8.15. The minimum absolute atomic E-state index is 0. The summed E-state index contributed by atoms with van der Waals surface area (Å²) >= 11 is 0. The quantitative estimate of drug-likeness (QED) is 0.846. The van der Waals surface area contributed by atoms with E-state index in [4.69, 9.17) is 10.5 Å². The van der Waals surface area contributed by atoms with Gasteiger partial charge in [0.1, 0.15) is 0 Å². The van der Waals surface area contributed by atoms with Crippen LogP contribution in [0.4, 0.5) is 0 Å². The van der Waals surface area contributed by atoms with Crippen LogP contribution in [0.5, 0.6) is 5.88 Å². The summed E-state index contributed by atoms with van der Waals surface area (Å²) in [7, 11) is 1.60. The van der Waals surface area contributed by atoms with Gasteiger partial charge < -0.3 is 10.5 Å². The van der Waals surface area contributed by atoms with Crippen LogP contribution in [-0.4, -0.2) is 18.6 Å². The third kappa shape index (κ3) is 4.93. The van der Waals surface area contributed by atoms with Gasteiger partial charge in [-0.15, -0.1) is 24.8 Å². The maximum absolute atomic E-state index is 5.37. The van der Waals surface area contributed by atoms with Gasteiger partial charge in [-0.1, -0.05) is 6.07 Å². The lowest BCUT2D eigenvalue weighted by molar-refractivity contribution is 0.397. The fraction of sp³-hybridized carbons (Fsp3) is 0.375. The molecule has 2 N–H and O–H groups in total. The molecular formula is C8H14Cl2N2O. The molecule has 0 aliphatic carbocycles. The molecule has 0 saturated heterocycles. The van der Waals surface area contributed by atoms with Crippen molar-refractivity contribution in [3.63, 3.8) is 0 Å². The Morgan fingerprint density at radius 1 is 1.38 bits per heavy atom. The molecule has 13 heavy (non-hydrogen) atoms. The summed E-state index contributed by atoms with van der Waals surface area (Å²) < 4.78 is 4.90. The average Bonchev–Trinajstić information content (AvgIpc) is 2.07. The minimum atomic E-state index is 0. The summed E-state index contributed by atoms with van der Waals surface area (Å²) in [6.45, 7) is 0.661. The lowest BCUT2D eigenvalue weighted by Crippen LogP contribution is -2.02. The second-order valence-corrected chi connectivity index (χ2v) is 2.25. The van der Waals surface area contributed by atoms with Crippen LogP contribution in [0.15, 0.2) is 18.3 Å². The average molecular weight is 225 g/mol. The Kier molecular flexibility index (Phi) is 9.34. The molecule has 5 heteroatoms. The first-order valence-corrected chi connectivity index (χ1v) is 3.56. The van der Waals surface area contributed by atoms with Gasteiger partial charge in [-0.3, -0.25) is 0 Å². The van der Waals surface area contributed by atoms with Gasteiger partial charge in [0.2, 0.25) is 5.88 Å². The number of pyridine rings is 1. The first-order chi connectivity index (χ1) is 5.36. The van der Waals surface area contributed by atoms with Gasteiger partial charge in [0.15, 0.2) is 0 Å². The highest BCUT2D eigenvalue weighted by atomic mass is 35.5. The largest absolute Gasteiger partial charge is 0.481 e. The third-order valence-corrected chi connectivity index (χ3v) is 1.44. The molecule has 0 amide bonds. The number of aromatic nitrogens is 1. The molecule has 76 valence electrons. The fourth-order valence-electron chi connectivity index (χ4n) is 0.846. The van der Waals surface area contributed by atoms with Gasteiger partial charge in [0.05, 0.1) is 7.11 Å². The summed E-state index contributed by atoms with van der Waals surface area (Å²) in [6.07, 6.45) is 2.66. The summed E-state index contributed by atoms with van der Waals surface area (Å²) in [5.74, 6) is 0.644. The Labute approximate surface area is 90.5 Å². The van der Waals surface area contributed by atoms with Crippen molar-refractivity contribution in [3.8, 4) is 5.88 Å². The second kappa shape index (κ2) is 8.10. The van der Waals surface area contributed by atoms with Crippen molar-refractivity contribution in [1.29, 1.82) is 0 Å². The Hall–Kier alpha value is -0.510. The molecule has 0 spiro atoms. The first-order valence-electron chi connectivity index (χ1n) is 3.56. The number of halogens is 2. The van der Waals surface area contributed by atoms with Crippen LogP contribution < -0.4 is 10.5 Å². The molecule has 1 heterocycles. The highest BCUT2D eigenvalue weighted by Crippen LogP contribution is 2.06. The molecule has 0 fully saturated rings. The van der Waals surface area contributed by atoms with Crippen molar-refractivity contribution < 1.29 is 4.74 Å². The van der Waals surface area contributed by atoms with E-state index in [1.807, 2.05) is 12.1 Å². The van der Waals surface area contributed by atoms with Crippen molar-refractivity contribution in [2.45, 2.75) is 6.42 Å². The SMILES string of the molecule is COc1ccc(CCN)cn1.Cl.Cl. The zero-order valence-electron chi connectivity index (χ0n) is 7.40. The van der Waals surface area contributed by atoms with E-state index in [0.717, 1.165) is 12.0 Å². The van der Waals surface area contributed by atoms with E-state index in [1.54, 1.807) is 13.3 Å². The van der Waals surface area contributed by atoms with Crippen LogP contribution in [0.3, 0.4) is 0 Å². The Bertz CT molecular complexity index is 216. The standard InChI is InChI=1S/C8H12N2O.2ClH/c1-11-8-3-2-7(4-5-9)6-10-8;;/h2-3,6H,4-5,9H2,1H3;2*1H. The lowest BCUT2D eigenvalue weighted by Gasteiger charge is -1.99. The van der Waals surface area contributed by atoms with E-state index in [-0.39, 0.29) is 24.8 Å². The van der Waals surface area contributed by atoms with E-state index < -0.39 is 0 Å². The zero-order valence-corrected chi connectivity index (χ0v) is 9.03. The summed E-state index contributed by atoms with van der Waals surface area (Å²) in [6, 6.07) is 3.81. The first kappa shape index (κ1) is 15.0. The maximum atomic E-state index is 5.37. The molecular weight excluding hydrogens is 211 g/mol. The Balaban J connectivity index is 0. The van der Waals surface area contributed by atoms with E-state index >= 15 is 0 Å². The van der Waals surface area contributed by atoms with Crippen LogP contribution in [0.2, 0.25) is 0 Å². The fourth-order valence-corrected chi connectivity index (χ4v) is 0.846. The molecule has 0 aromatic carbocycles. The van der Waals surface area contributed by atoms with Crippen molar-refractivity contribution in [3.05, 3.63) is 23.9 Å². The van der Waals surface area contributed by atoms with E-state index in [2.05, 4.69) is 4.98 Å². The second-order valence-electron chi connectivity index (χ2n) is 2.25. The van der Waals surface area contributed by atoms with Gasteiger partial charge in [-0.25, -0.2) is 4.98 Å². The highest BCUT2D eigenvalue weighted by molar-refractivity contribution is 5.85. The molecule has 0 saturated carbocycles. The monoisotopic (exact) mass is 224 g/mol. The van der Waals surface area contributed by atoms with E-state index in [0.29, 0.717) is 12.4 Å². The van der Waals surface area contributed by atoms with Crippen LogP contribution in [0.25, 0.3) is 0 Å². The van der Waals surface area contributed by atoms with Crippen LogP contribution >= 0.6 is 24.8 Å². The predicted molar refractivity (Wildman–Crippen MR) is 58.0 cm³/mol. The zero-order chi connectivity index (χ0) is 8.10. The van der Waals surface area contributed by atoms with Crippen LogP contribution in [0, 0.1) is 0 Å². The summed E-state index contributed by atoms with van der Waals surface area (Å²) in [4.78, 5) is 4.04. The molecule has 0 aliphatic rings. The molecule has 0 aliphatic heterocycles. The van der Waals surface area contributed by atoms with E-state index in [9.17, 15) is 0 Å². The summed E-state index contributed by atoms with van der Waals surface area (Å²) in [5, 5.41) is 0. The topological polar surface area (TPSA) is 48.1 Å². The number of hydrogen-bond donors (Lipinski definition) is 1. The molecule has 0 radical (unpaired) electrons. The van der Waals surface area contributed by atoms with Gasteiger partial charge in [-0.05, 0) is 18.5 Å². The molecule has 3 nitrogen and oxygen atoms in total. The molecule has 1 aromatic heterocycles. The predicted octanol–water partition coefficient (Wildman–Crippen LogP) is 1.43. The number of rotatable bonds is 3. The van der Waals surface area contributed by atoms with Crippen LogP contribution in [0.1, 0.15) is 5.56 Å². The van der Waals surface area contributed by atoms with Gasteiger partial charge in [0.25, 0.3) is 0 Å². The molecule has 1 aromatic rings. The Morgan fingerprint density at radius 2 is 2.08 bits per heavy atom. The lowest BCUT2D eigenvalue weighted by atomic mass is 10.2. The van der Waals surface area contributed by atoms with Crippen molar-refractivity contribution in [1.82, 2.24) is 4.98 Å². The van der Waals surface area contributed by atoms with Gasteiger partial charge >= 0.3 is 0 Å². The van der Waals surface area contributed by atoms with Crippen molar-refractivity contribution >= 4 is 24.8 Å². The number of nitrogens with zero attached hydrogens (tertiary/aromatic N) is 1. The smallest absolute Gasteiger partial charge is 0.212 e. The van der Waals surface area contributed by atoms with Gasteiger partial charge in [-0.2, -0.15) is 0 Å².